The predicted octanol–water partition coefficient (Wildman–Crippen LogP) is 4.19. The molecule has 6 nitrogen and oxygen atoms in total. The molecule has 2 amide bonds. The van der Waals surface area contributed by atoms with E-state index in [4.69, 9.17) is 9.84 Å². The molecule has 0 atom stereocenters. The number of thioether (sulfide) groups is 1. The van der Waals surface area contributed by atoms with Gasteiger partial charge in [-0.05, 0) is 41.6 Å². The van der Waals surface area contributed by atoms with Crippen LogP contribution in [0.5, 0.6) is 5.75 Å². The summed E-state index contributed by atoms with van der Waals surface area (Å²) in [5, 5.41) is 8.75. The second kappa shape index (κ2) is 8.58. The Morgan fingerprint density at radius 2 is 1.96 bits per heavy atom. The van der Waals surface area contributed by atoms with Gasteiger partial charge >= 0.3 is 5.97 Å². The van der Waals surface area contributed by atoms with E-state index in [0.717, 1.165) is 16.7 Å². The molecule has 1 heterocycles. The number of carboxylic acids is 1. The van der Waals surface area contributed by atoms with E-state index in [1.165, 1.54) is 12.1 Å². The second-order valence-electron chi connectivity index (χ2n) is 5.91. The van der Waals surface area contributed by atoms with E-state index in [2.05, 4.69) is 6.58 Å². The summed E-state index contributed by atoms with van der Waals surface area (Å²) in [5.74, 6) is -0.838. The summed E-state index contributed by atoms with van der Waals surface area (Å²) >= 11 is 0.875. The summed E-state index contributed by atoms with van der Waals surface area (Å²) in [7, 11) is 0. The van der Waals surface area contributed by atoms with Crippen LogP contribution in [-0.4, -0.2) is 33.7 Å². The quantitative estimate of drug-likeness (QED) is 0.559. The molecule has 0 saturated carbocycles. The van der Waals surface area contributed by atoms with Crippen LogP contribution in [0.25, 0.3) is 6.08 Å². The van der Waals surface area contributed by atoms with E-state index < -0.39 is 5.97 Å². The first-order valence-corrected chi connectivity index (χ1v) is 9.21. The molecule has 2 aromatic carbocycles. The van der Waals surface area contributed by atoms with Gasteiger partial charge in [-0.25, -0.2) is 4.79 Å². The first-order valence-electron chi connectivity index (χ1n) is 8.40. The molecule has 0 radical (unpaired) electrons. The van der Waals surface area contributed by atoms with Crippen LogP contribution in [-0.2, 0) is 11.4 Å². The minimum absolute atomic E-state index is 0.167. The Hall–Kier alpha value is -3.32. The van der Waals surface area contributed by atoms with Crippen molar-refractivity contribution in [3.05, 3.63) is 82.8 Å². The molecule has 1 aliphatic rings. The van der Waals surface area contributed by atoms with Gasteiger partial charge in [0.25, 0.3) is 11.1 Å². The maximum Gasteiger partial charge on any atom is 0.335 e. The van der Waals surface area contributed by atoms with Gasteiger partial charge in [0.2, 0.25) is 0 Å². The molecule has 0 aromatic heterocycles. The van der Waals surface area contributed by atoms with E-state index in [1.807, 2.05) is 0 Å². The van der Waals surface area contributed by atoms with Crippen molar-refractivity contribution < 1.29 is 24.2 Å². The van der Waals surface area contributed by atoms with Crippen LogP contribution in [0, 0.1) is 0 Å². The predicted molar refractivity (Wildman–Crippen MR) is 107 cm³/mol. The molecular formula is C21H17NO5S. The average molecular weight is 395 g/mol. The van der Waals surface area contributed by atoms with E-state index in [0.29, 0.717) is 21.8 Å². The summed E-state index contributed by atoms with van der Waals surface area (Å²) in [6.45, 7) is 3.89. The highest BCUT2D eigenvalue weighted by Gasteiger charge is 2.34. The summed E-state index contributed by atoms with van der Waals surface area (Å²) < 4.78 is 5.83. The third-order valence-electron chi connectivity index (χ3n) is 3.96. The van der Waals surface area contributed by atoms with E-state index >= 15 is 0 Å². The van der Waals surface area contributed by atoms with Gasteiger partial charge < -0.3 is 9.84 Å². The fraction of sp³-hybridized carbons (Fsp3) is 0.0952. The third kappa shape index (κ3) is 4.32. The van der Waals surface area contributed by atoms with E-state index in [1.54, 1.807) is 48.5 Å². The number of carboxylic acid groups (broad SMARTS) is 1. The molecule has 0 unspecified atom stereocenters. The number of ether oxygens (including phenoxy) is 1. The van der Waals surface area contributed by atoms with Gasteiger partial charge in [0.15, 0.2) is 0 Å². The molecule has 28 heavy (non-hydrogen) atoms. The molecule has 1 fully saturated rings. The first-order chi connectivity index (χ1) is 13.5. The zero-order chi connectivity index (χ0) is 20.1. The van der Waals surface area contributed by atoms with Crippen molar-refractivity contribution in [1.82, 2.24) is 4.90 Å². The zero-order valence-electron chi connectivity index (χ0n) is 14.8. The van der Waals surface area contributed by atoms with Crippen LogP contribution in [0.3, 0.4) is 0 Å². The lowest BCUT2D eigenvalue weighted by Gasteiger charge is -2.10. The van der Waals surface area contributed by atoms with E-state index in [-0.39, 0.29) is 29.9 Å². The van der Waals surface area contributed by atoms with Crippen LogP contribution in [0.4, 0.5) is 4.79 Å². The molecule has 3 rings (SSSR count). The third-order valence-corrected chi connectivity index (χ3v) is 4.87. The lowest BCUT2D eigenvalue weighted by atomic mass is 10.1. The molecule has 142 valence electrons. The van der Waals surface area contributed by atoms with E-state index in [9.17, 15) is 14.4 Å². The van der Waals surface area contributed by atoms with Crippen LogP contribution in [0.1, 0.15) is 21.5 Å². The van der Waals surface area contributed by atoms with Crippen LogP contribution >= 0.6 is 11.8 Å². The number of imide groups is 1. The number of rotatable bonds is 7. The van der Waals surface area contributed by atoms with Gasteiger partial charge in [-0.2, -0.15) is 0 Å². The normalized spacial score (nSPS) is 15.1. The topological polar surface area (TPSA) is 83.9 Å². The first kappa shape index (κ1) is 19.4. The van der Waals surface area contributed by atoms with Gasteiger partial charge in [-0.1, -0.05) is 36.4 Å². The number of benzene rings is 2. The minimum Gasteiger partial charge on any atom is -0.488 e. The molecule has 2 aromatic rings. The Morgan fingerprint density at radius 1 is 1.18 bits per heavy atom. The SMILES string of the molecule is C=CCN1C(=O)S/C(=C/c2ccccc2OCc2cccc(C(=O)O)c2)C1=O. The number of nitrogens with zero attached hydrogens (tertiary/aromatic N) is 1. The molecule has 0 aliphatic carbocycles. The molecular weight excluding hydrogens is 378 g/mol. The van der Waals surface area contributed by atoms with Crippen molar-refractivity contribution in [1.29, 1.82) is 0 Å². The molecule has 0 bridgehead atoms. The number of carbonyl (C=O) groups is 3. The number of para-hydroxylation sites is 1. The monoisotopic (exact) mass is 395 g/mol. The van der Waals surface area contributed by atoms with Crippen molar-refractivity contribution in [2.75, 3.05) is 6.54 Å². The molecule has 1 saturated heterocycles. The Labute approximate surface area is 166 Å². The van der Waals surface area contributed by atoms with Gasteiger partial charge in [0.1, 0.15) is 12.4 Å². The number of hydrogen-bond donors (Lipinski definition) is 1. The van der Waals surface area contributed by atoms with Crippen molar-refractivity contribution >= 4 is 35.0 Å². The Bertz CT molecular complexity index is 982. The largest absolute Gasteiger partial charge is 0.488 e. The molecule has 1 N–H and O–H groups in total. The Balaban J connectivity index is 1.80. The lowest BCUT2D eigenvalue weighted by molar-refractivity contribution is -0.122. The summed E-state index contributed by atoms with van der Waals surface area (Å²) in [6, 6.07) is 13.6. The summed E-state index contributed by atoms with van der Waals surface area (Å²) in [5.41, 5.74) is 1.55. The Morgan fingerprint density at radius 3 is 2.71 bits per heavy atom. The van der Waals surface area contributed by atoms with Gasteiger partial charge in [0, 0.05) is 12.1 Å². The van der Waals surface area contributed by atoms with Crippen molar-refractivity contribution in [2.45, 2.75) is 6.61 Å². The summed E-state index contributed by atoms with van der Waals surface area (Å²) in [4.78, 5) is 36.9. The van der Waals surface area contributed by atoms with Gasteiger partial charge in [-0.15, -0.1) is 6.58 Å². The standard InChI is InChI=1S/C21H17NO5S/c1-2-10-22-19(23)18(28-21(22)26)12-15-7-3-4-9-17(15)27-13-14-6-5-8-16(11-14)20(24)25/h2-9,11-12H,1,10,13H2,(H,24,25)/b18-12+. The van der Waals surface area contributed by atoms with Crippen molar-refractivity contribution in [3.63, 3.8) is 0 Å². The minimum atomic E-state index is -1.00. The highest BCUT2D eigenvalue weighted by atomic mass is 32.2. The highest BCUT2D eigenvalue weighted by Crippen LogP contribution is 2.34. The maximum atomic E-state index is 12.4. The smallest absolute Gasteiger partial charge is 0.335 e. The van der Waals surface area contributed by atoms with Crippen LogP contribution < -0.4 is 4.74 Å². The number of carbonyl (C=O) groups excluding carboxylic acids is 2. The van der Waals surface area contributed by atoms with Crippen molar-refractivity contribution in [2.24, 2.45) is 0 Å². The molecule has 7 heteroatoms. The number of hydrogen-bond acceptors (Lipinski definition) is 5. The second-order valence-corrected chi connectivity index (χ2v) is 6.91. The number of aromatic carboxylic acids is 1. The Kier molecular flexibility index (Phi) is 5.96. The number of amides is 2. The fourth-order valence-electron chi connectivity index (χ4n) is 2.61. The average Bonchev–Trinajstić information content (AvgIpc) is 2.95. The van der Waals surface area contributed by atoms with Crippen LogP contribution in [0.15, 0.2) is 66.1 Å². The van der Waals surface area contributed by atoms with Crippen molar-refractivity contribution in [3.8, 4) is 5.75 Å². The molecule has 1 aliphatic heterocycles. The van der Waals surface area contributed by atoms with Gasteiger partial charge in [-0.3, -0.25) is 14.5 Å². The zero-order valence-corrected chi connectivity index (χ0v) is 15.6. The summed E-state index contributed by atoms with van der Waals surface area (Å²) in [6.07, 6.45) is 3.12. The maximum absolute atomic E-state index is 12.4. The lowest BCUT2D eigenvalue weighted by Crippen LogP contribution is -2.27. The highest BCUT2D eigenvalue weighted by molar-refractivity contribution is 8.18. The van der Waals surface area contributed by atoms with Crippen LogP contribution in [0.2, 0.25) is 0 Å². The van der Waals surface area contributed by atoms with Gasteiger partial charge in [0.05, 0.1) is 10.5 Å². The molecule has 0 spiro atoms. The fourth-order valence-corrected chi connectivity index (χ4v) is 3.45.